The van der Waals surface area contributed by atoms with E-state index in [2.05, 4.69) is 5.32 Å². The summed E-state index contributed by atoms with van der Waals surface area (Å²) in [5.74, 6) is 0.609. The lowest BCUT2D eigenvalue weighted by Gasteiger charge is -2.13. The number of thiophene rings is 1. The highest BCUT2D eigenvalue weighted by Gasteiger charge is 2.15. The lowest BCUT2D eigenvalue weighted by molar-refractivity contribution is 0.0738. The van der Waals surface area contributed by atoms with Crippen molar-refractivity contribution in [3.63, 3.8) is 0 Å². The van der Waals surface area contributed by atoms with Gasteiger partial charge in [-0.1, -0.05) is 0 Å². The lowest BCUT2D eigenvalue weighted by Crippen LogP contribution is -2.28. The van der Waals surface area contributed by atoms with Crippen molar-refractivity contribution < 1.29 is 13.9 Å². The average Bonchev–Trinajstić information content (AvgIpc) is 3.02. The molecular weight excluding hydrogens is 238 g/mol. The van der Waals surface area contributed by atoms with Crippen LogP contribution in [-0.2, 0) is 4.74 Å². The molecule has 0 saturated heterocycles. The van der Waals surface area contributed by atoms with Crippen molar-refractivity contribution in [2.45, 2.75) is 6.10 Å². The number of hydrogen-bond acceptors (Lipinski definition) is 4. The molecule has 4 nitrogen and oxygen atoms in total. The number of ether oxygens (including phenoxy) is 1. The maximum atomic E-state index is 11.7. The number of amides is 1. The summed E-state index contributed by atoms with van der Waals surface area (Å²) in [6.45, 7) is 0.388. The highest BCUT2D eigenvalue weighted by molar-refractivity contribution is 7.08. The molecule has 0 aliphatic heterocycles. The quantitative estimate of drug-likeness (QED) is 0.888. The molecule has 0 fully saturated rings. The molecule has 0 spiro atoms. The van der Waals surface area contributed by atoms with Crippen LogP contribution in [0.4, 0.5) is 0 Å². The Morgan fingerprint density at radius 2 is 2.47 bits per heavy atom. The van der Waals surface area contributed by atoms with Crippen LogP contribution in [-0.4, -0.2) is 19.6 Å². The summed E-state index contributed by atoms with van der Waals surface area (Å²) in [7, 11) is 1.59. The second-order valence-corrected chi connectivity index (χ2v) is 4.24. The third kappa shape index (κ3) is 2.95. The van der Waals surface area contributed by atoms with Crippen LogP contribution in [0.15, 0.2) is 39.6 Å². The van der Waals surface area contributed by atoms with E-state index in [0.29, 0.717) is 17.9 Å². The Kier molecular flexibility index (Phi) is 3.95. The van der Waals surface area contributed by atoms with Crippen molar-refractivity contribution in [1.82, 2.24) is 5.32 Å². The van der Waals surface area contributed by atoms with Gasteiger partial charge in [-0.15, -0.1) is 0 Å². The monoisotopic (exact) mass is 251 g/mol. The number of methoxy groups -OCH3 is 1. The molecule has 2 rings (SSSR count). The SMILES string of the molecule is COC(CNC(=O)c1ccsc1)c1ccco1. The molecule has 1 amide bonds. The molecule has 0 saturated carbocycles. The van der Waals surface area contributed by atoms with E-state index in [9.17, 15) is 4.79 Å². The Morgan fingerprint density at radius 3 is 3.06 bits per heavy atom. The minimum absolute atomic E-state index is 0.0974. The zero-order valence-corrected chi connectivity index (χ0v) is 10.2. The molecule has 1 unspecified atom stereocenters. The molecule has 1 atom stereocenters. The minimum Gasteiger partial charge on any atom is -0.467 e. The minimum atomic E-state index is -0.257. The van der Waals surface area contributed by atoms with Gasteiger partial charge in [0, 0.05) is 18.1 Å². The number of rotatable bonds is 5. The van der Waals surface area contributed by atoms with E-state index in [1.807, 2.05) is 16.8 Å². The molecule has 0 radical (unpaired) electrons. The van der Waals surface area contributed by atoms with E-state index in [1.165, 1.54) is 11.3 Å². The van der Waals surface area contributed by atoms with Crippen LogP contribution in [0, 0.1) is 0 Å². The number of nitrogens with one attached hydrogen (secondary N) is 1. The van der Waals surface area contributed by atoms with Gasteiger partial charge < -0.3 is 14.5 Å². The van der Waals surface area contributed by atoms with Crippen LogP contribution in [0.25, 0.3) is 0 Å². The van der Waals surface area contributed by atoms with Crippen molar-refractivity contribution in [3.05, 3.63) is 46.5 Å². The molecule has 17 heavy (non-hydrogen) atoms. The van der Waals surface area contributed by atoms with Gasteiger partial charge in [0.05, 0.1) is 12.8 Å². The van der Waals surface area contributed by atoms with Crippen molar-refractivity contribution in [1.29, 1.82) is 0 Å². The van der Waals surface area contributed by atoms with Gasteiger partial charge in [0.25, 0.3) is 5.91 Å². The summed E-state index contributed by atoms with van der Waals surface area (Å²) in [5, 5.41) is 6.49. The number of hydrogen-bond donors (Lipinski definition) is 1. The molecule has 2 aromatic heterocycles. The second-order valence-electron chi connectivity index (χ2n) is 3.46. The fraction of sp³-hybridized carbons (Fsp3) is 0.250. The van der Waals surface area contributed by atoms with Gasteiger partial charge in [0.1, 0.15) is 11.9 Å². The molecule has 5 heteroatoms. The maximum absolute atomic E-state index is 11.7. The smallest absolute Gasteiger partial charge is 0.252 e. The summed E-state index contributed by atoms with van der Waals surface area (Å²) >= 11 is 1.50. The van der Waals surface area contributed by atoms with E-state index in [0.717, 1.165) is 0 Å². The first-order valence-electron chi connectivity index (χ1n) is 5.18. The third-order valence-electron chi connectivity index (χ3n) is 2.38. The van der Waals surface area contributed by atoms with Crippen LogP contribution in [0.1, 0.15) is 22.2 Å². The van der Waals surface area contributed by atoms with Gasteiger partial charge in [-0.05, 0) is 23.6 Å². The Labute approximate surface area is 103 Å². The van der Waals surface area contributed by atoms with Gasteiger partial charge in [0.15, 0.2) is 0 Å². The second kappa shape index (κ2) is 5.65. The number of carbonyl (C=O) groups excluding carboxylic acids is 1. The van der Waals surface area contributed by atoms with Crippen LogP contribution >= 0.6 is 11.3 Å². The van der Waals surface area contributed by atoms with Crippen molar-refractivity contribution in [3.8, 4) is 0 Å². The number of furan rings is 1. The Balaban J connectivity index is 1.91. The summed E-state index contributed by atoms with van der Waals surface area (Å²) in [6.07, 6.45) is 1.33. The predicted molar refractivity (Wildman–Crippen MR) is 65.1 cm³/mol. The van der Waals surface area contributed by atoms with E-state index in [4.69, 9.17) is 9.15 Å². The third-order valence-corrected chi connectivity index (χ3v) is 3.06. The van der Waals surface area contributed by atoms with Crippen molar-refractivity contribution in [2.75, 3.05) is 13.7 Å². The van der Waals surface area contributed by atoms with Crippen molar-refractivity contribution in [2.24, 2.45) is 0 Å². The molecule has 1 N–H and O–H groups in total. The molecule has 0 bridgehead atoms. The highest BCUT2D eigenvalue weighted by atomic mass is 32.1. The largest absolute Gasteiger partial charge is 0.467 e. The normalized spacial score (nSPS) is 12.3. The predicted octanol–water partition coefficient (Wildman–Crippen LogP) is 2.46. The van der Waals surface area contributed by atoms with Crippen LogP contribution in [0.5, 0.6) is 0 Å². The van der Waals surface area contributed by atoms with Gasteiger partial charge in [0.2, 0.25) is 0 Å². The summed E-state index contributed by atoms with van der Waals surface area (Å²) in [6, 6.07) is 5.40. The summed E-state index contributed by atoms with van der Waals surface area (Å²) in [4.78, 5) is 11.7. The number of carbonyl (C=O) groups is 1. The van der Waals surface area contributed by atoms with E-state index < -0.39 is 0 Å². The van der Waals surface area contributed by atoms with E-state index in [1.54, 1.807) is 25.5 Å². The Morgan fingerprint density at radius 1 is 1.59 bits per heavy atom. The van der Waals surface area contributed by atoms with E-state index in [-0.39, 0.29) is 12.0 Å². The molecule has 0 aromatic carbocycles. The highest BCUT2D eigenvalue weighted by Crippen LogP contribution is 2.16. The average molecular weight is 251 g/mol. The zero-order valence-electron chi connectivity index (χ0n) is 9.38. The zero-order chi connectivity index (χ0) is 12.1. The maximum Gasteiger partial charge on any atom is 0.252 e. The molecule has 0 aliphatic rings. The fourth-order valence-electron chi connectivity index (χ4n) is 1.46. The van der Waals surface area contributed by atoms with Gasteiger partial charge >= 0.3 is 0 Å². The topological polar surface area (TPSA) is 51.5 Å². The molecule has 0 aliphatic carbocycles. The lowest BCUT2D eigenvalue weighted by atomic mass is 10.2. The fourth-order valence-corrected chi connectivity index (χ4v) is 2.09. The van der Waals surface area contributed by atoms with Crippen LogP contribution in [0.3, 0.4) is 0 Å². The molecule has 2 heterocycles. The standard InChI is InChI=1S/C12H13NO3S/c1-15-11(10-3-2-5-16-10)7-13-12(14)9-4-6-17-8-9/h2-6,8,11H,7H2,1H3,(H,13,14). The van der Waals surface area contributed by atoms with Crippen LogP contribution < -0.4 is 5.32 Å². The molecule has 90 valence electrons. The first-order chi connectivity index (χ1) is 8.31. The first-order valence-corrected chi connectivity index (χ1v) is 6.12. The van der Waals surface area contributed by atoms with Crippen LogP contribution in [0.2, 0.25) is 0 Å². The Bertz CT molecular complexity index is 450. The van der Waals surface area contributed by atoms with Gasteiger partial charge in [-0.3, -0.25) is 4.79 Å². The first kappa shape index (κ1) is 11.9. The summed E-state index contributed by atoms with van der Waals surface area (Å²) < 4.78 is 10.5. The Hall–Kier alpha value is -1.59. The van der Waals surface area contributed by atoms with Gasteiger partial charge in [-0.2, -0.15) is 11.3 Å². The van der Waals surface area contributed by atoms with Gasteiger partial charge in [-0.25, -0.2) is 0 Å². The van der Waals surface area contributed by atoms with E-state index >= 15 is 0 Å². The molecule has 2 aromatic rings. The van der Waals surface area contributed by atoms with Crippen molar-refractivity contribution >= 4 is 17.2 Å². The molecular formula is C12H13NO3S. The summed E-state index contributed by atoms with van der Waals surface area (Å²) in [5.41, 5.74) is 0.671.